The van der Waals surface area contributed by atoms with Crippen molar-refractivity contribution in [2.75, 3.05) is 18.4 Å². The van der Waals surface area contributed by atoms with Gasteiger partial charge in [-0.05, 0) is 52.7 Å². The van der Waals surface area contributed by atoms with Crippen molar-refractivity contribution >= 4 is 60.9 Å². The first-order chi connectivity index (χ1) is 21.8. The first kappa shape index (κ1) is 24.8. The van der Waals surface area contributed by atoms with Gasteiger partial charge in [0.2, 0.25) is 0 Å². The minimum absolute atomic E-state index is 0.807. The summed E-state index contributed by atoms with van der Waals surface area (Å²) in [4.78, 5) is 15.1. The topological polar surface area (TPSA) is 62.7 Å². The van der Waals surface area contributed by atoms with Gasteiger partial charge in [-0.3, -0.25) is 4.98 Å². The fourth-order valence-electron chi connectivity index (χ4n) is 6.63. The number of hydrogen-bond donors (Lipinski definition) is 2. The highest BCUT2D eigenvalue weighted by Gasteiger charge is 2.17. The normalized spacial score (nSPS) is 14.0. The van der Waals surface area contributed by atoms with E-state index in [0.29, 0.717) is 0 Å². The second-order valence-corrected chi connectivity index (χ2v) is 11.3. The van der Waals surface area contributed by atoms with Gasteiger partial charge in [0.25, 0.3) is 0 Å². The van der Waals surface area contributed by atoms with Crippen LogP contribution in [0, 0.1) is 0 Å². The Morgan fingerprint density at radius 3 is 2.41 bits per heavy atom. The summed E-state index contributed by atoms with van der Waals surface area (Å²) in [6.07, 6.45) is 12.6. The third-order valence-electron chi connectivity index (χ3n) is 8.75. The van der Waals surface area contributed by atoms with Crippen LogP contribution in [0.25, 0.3) is 77.6 Å². The maximum Gasteiger partial charge on any atom is 0.0978 e. The lowest BCUT2D eigenvalue weighted by atomic mass is 9.94. The van der Waals surface area contributed by atoms with Gasteiger partial charge < -0.3 is 10.6 Å². The molecule has 5 heteroatoms. The second kappa shape index (κ2) is 9.89. The Hall–Kier alpha value is -5.81. The highest BCUT2D eigenvalue weighted by atomic mass is 14.9. The summed E-state index contributed by atoms with van der Waals surface area (Å²) in [5.74, 6) is 0. The lowest BCUT2D eigenvalue weighted by molar-refractivity contribution is 0.976. The zero-order chi connectivity index (χ0) is 29.0. The third-order valence-corrected chi connectivity index (χ3v) is 8.75. The largest absolute Gasteiger partial charge is 0.387 e. The first-order valence-electron chi connectivity index (χ1n) is 15.0. The minimum atomic E-state index is 0.807. The van der Waals surface area contributed by atoms with Crippen LogP contribution in [0.5, 0.6) is 0 Å². The monoisotopic (exact) mass is 565 g/mol. The molecule has 9 rings (SSSR count). The van der Waals surface area contributed by atoms with Gasteiger partial charge in [0.15, 0.2) is 0 Å². The van der Waals surface area contributed by atoms with Crippen molar-refractivity contribution < 1.29 is 0 Å². The molecule has 2 N–H and O–H groups in total. The number of rotatable bonds is 3. The predicted octanol–water partition coefficient (Wildman–Crippen LogP) is 8.76. The average molecular weight is 566 g/mol. The highest BCUT2D eigenvalue weighted by Crippen LogP contribution is 2.38. The number of allylic oxidation sites excluding steroid dienone is 2. The van der Waals surface area contributed by atoms with Crippen LogP contribution in [0.4, 0.5) is 5.69 Å². The van der Waals surface area contributed by atoms with Crippen LogP contribution >= 0.6 is 0 Å². The number of aromatic nitrogens is 3. The van der Waals surface area contributed by atoms with E-state index in [9.17, 15) is 0 Å². The maximum atomic E-state index is 5.23. The quantitative estimate of drug-likeness (QED) is 0.166. The van der Waals surface area contributed by atoms with E-state index in [0.717, 1.165) is 79.2 Å². The SMILES string of the molecule is C1=Cc2ccc3c(-c4ccc(-c5ccc6ccc7c(C8=CCNC=C8)c8ccccc8nc7c6n5)cc4)ccnc3c2NC1. The molecule has 0 atom stereocenters. The smallest absolute Gasteiger partial charge is 0.0978 e. The Morgan fingerprint density at radius 2 is 1.50 bits per heavy atom. The van der Waals surface area contributed by atoms with Crippen LogP contribution in [0.3, 0.4) is 0 Å². The molecule has 3 aromatic heterocycles. The van der Waals surface area contributed by atoms with E-state index in [-0.39, 0.29) is 0 Å². The number of pyridine rings is 3. The van der Waals surface area contributed by atoms with Crippen LogP contribution in [-0.4, -0.2) is 28.0 Å². The summed E-state index contributed by atoms with van der Waals surface area (Å²) in [5.41, 5.74) is 12.8. The van der Waals surface area contributed by atoms with E-state index < -0.39 is 0 Å². The molecule has 0 bridgehead atoms. The number of dihydropyridines is 1. The summed E-state index contributed by atoms with van der Waals surface area (Å²) in [5, 5.41) is 11.3. The number of anilines is 1. The van der Waals surface area contributed by atoms with Crippen molar-refractivity contribution in [2.24, 2.45) is 0 Å². The molecule has 0 spiro atoms. The Bertz CT molecular complexity index is 2380. The third kappa shape index (κ3) is 3.90. The van der Waals surface area contributed by atoms with Crippen LogP contribution < -0.4 is 10.6 Å². The van der Waals surface area contributed by atoms with Crippen LogP contribution in [-0.2, 0) is 0 Å². The predicted molar refractivity (Wildman–Crippen MR) is 183 cm³/mol. The lowest BCUT2D eigenvalue weighted by Gasteiger charge is -2.17. The summed E-state index contributed by atoms with van der Waals surface area (Å²) in [7, 11) is 0. The van der Waals surface area contributed by atoms with Crippen LogP contribution in [0.15, 0.2) is 122 Å². The van der Waals surface area contributed by atoms with Gasteiger partial charge in [0, 0.05) is 52.0 Å². The molecule has 0 radical (unpaired) electrons. The molecule has 2 aliphatic rings. The molecule has 208 valence electrons. The van der Waals surface area contributed by atoms with Gasteiger partial charge in [-0.15, -0.1) is 0 Å². The molecular weight excluding hydrogens is 538 g/mol. The summed E-state index contributed by atoms with van der Waals surface area (Å²) in [6, 6.07) is 32.2. The van der Waals surface area contributed by atoms with Crippen LogP contribution in [0.2, 0.25) is 0 Å². The van der Waals surface area contributed by atoms with E-state index in [1.54, 1.807) is 0 Å². The molecule has 0 unspecified atom stereocenters. The first-order valence-corrected chi connectivity index (χ1v) is 15.0. The summed E-state index contributed by atoms with van der Waals surface area (Å²) >= 11 is 0. The Kier molecular flexibility index (Phi) is 5.56. The summed E-state index contributed by atoms with van der Waals surface area (Å²) in [6.45, 7) is 1.63. The van der Waals surface area contributed by atoms with Gasteiger partial charge in [-0.2, -0.15) is 0 Å². The Morgan fingerprint density at radius 1 is 0.636 bits per heavy atom. The van der Waals surface area contributed by atoms with Crippen molar-refractivity contribution in [1.82, 2.24) is 20.3 Å². The number of nitrogens with one attached hydrogen (secondary N) is 2. The highest BCUT2D eigenvalue weighted by molar-refractivity contribution is 6.14. The number of nitrogens with zero attached hydrogens (tertiary/aromatic N) is 3. The zero-order valence-corrected chi connectivity index (χ0v) is 23.9. The van der Waals surface area contributed by atoms with Crippen molar-refractivity contribution in [3.63, 3.8) is 0 Å². The Labute approximate surface area is 254 Å². The fraction of sp³-hybridized carbons (Fsp3) is 0.0513. The van der Waals surface area contributed by atoms with E-state index in [1.165, 1.54) is 22.3 Å². The lowest BCUT2D eigenvalue weighted by Crippen LogP contribution is -2.08. The van der Waals surface area contributed by atoms with Crippen molar-refractivity contribution in [3.05, 3.63) is 133 Å². The molecule has 0 amide bonds. The minimum Gasteiger partial charge on any atom is -0.387 e. The van der Waals surface area contributed by atoms with Gasteiger partial charge in [0.05, 0.1) is 33.4 Å². The van der Waals surface area contributed by atoms with Crippen molar-refractivity contribution in [1.29, 1.82) is 0 Å². The summed E-state index contributed by atoms with van der Waals surface area (Å²) < 4.78 is 0. The number of hydrogen-bond acceptors (Lipinski definition) is 5. The van der Waals surface area contributed by atoms with Gasteiger partial charge in [-0.25, -0.2) is 9.97 Å². The molecular formula is C39H27N5. The Balaban J connectivity index is 1.17. The zero-order valence-electron chi connectivity index (χ0n) is 23.9. The number of fused-ring (bicyclic) bond motifs is 7. The second-order valence-electron chi connectivity index (χ2n) is 11.3. The molecule has 4 aromatic carbocycles. The van der Waals surface area contributed by atoms with Gasteiger partial charge >= 0.3 is 0 Å². The molecule has 5 heterocycles. The number of para-hydroxylation sites is 1. The van der Waals surface area contributed by atoms with E-state index in [2.05, 4.69) is 126 Å². The molecule has 5 nitrogen and oxygen atoms in total. The molecule has 0 saturated heterocycles. The molecule has 7 aromatic rings. The molecule has 0 saturated carbocycles. The maximum absolute atomic E-state index is 5.23. The van der Waals surface area contributed by atoms with E-state index >= 15 is 0 Å². The van der Waals surface area contributed by atoms with E-state index in [1.807, 2.05) is 12.4 Å². The molecule has 0 fully saturated rings. The fourth-order valence-corrected chi connectivity index (χ4v) is 6.63. The van der Waals surface area contributed by atoms with Crippen molar-refractivity contribution in [3.8, 4) is 22.4 Å². The molecule has 44 heavy (non-hydrogen) atoms. The molecule has 2 aliphatic heterocycles. The van der Waals surface area contributed by atoms with Gasteiger partial charge in [0.1, 0.15) is 0 Å². The molecule has 0 aliphatic carbocycles. The average Bonchev–Trinajstić information content (AvgIpc) is 3.10. The van der Waals surface area contributed by atoms with E-state index in [4.69, 9.17) is 15.0 Å². The van der Waals surface area contributed by atoms with Gasteiger partial charge in [-0.1, -0.05) is 91.0 Å². The standard InChI is InChI=1S/C39H27N5/c1-2-6-34-31(5-1)35(26-17-21-40-22-18-26)32-15-12-28-13-16-33(43-37(28)39(32)44-34)25-9-7-24(8-10-25)29-19-23-42-38-30(29)14-11-27-4-3-20-41-36(27)38/h1-19,21,23,40-41H,20,22H2. The van der Waals surface area contributed by atoms with Crippen molar-refractivity contribution in [2.45, 2.75) is 0 Å². The van der Waals surface area contributed by atoms with Crippen LogP contribution in [0.1, 0.15) is 11.1 Å². The number of benzene rings is 4.